The second-order valence-corrected chi connectivity index (χ2v) is 11.0. The van der Waals surface area contributed by atoms with Crippen LogP contribution in [0.3, 0.4) is 0 Å². The molecule has 4 aromatic rings. The van der Waals surface area contributed by atoms with E-state index in [2.05, 4.69) is 10.5 Å². The van der Waals surface area contributed by atoms with Crippen LogP contribution in [-0.2, 0) is 14.8 Å². The van der Waals surface area contributed by atoms with E-state index in [0.717, 1.165) is 26.9 Å². The third-order valence-electron chi connectivity index (χ3n) is 5.77. The molecule has 0 unspecified atom stereocenters. The standard InChI is InChI=1S/C27H23Cl2FN4O3S/c1-18-15-20(19(2)34(18)22-13-11-21(30)12-14-22)16-31-32-26(35)17-33(25-10-6-9-24(28)27(25)29)38(36,37)23-7-4-3-5-8-23/h3-16H,17H2,1-2H3,(H,32,35)/b31-16+. The van der Waals surface area contributed by atoms with Gasteiger partial charge in [-0.2, -0.15) is 5.10 Å². The van der Waals surface area contributed by atoms with Gasteiger partial charge in [0.1, 0.15) is 12.4 Å². The number of hydrogen-bond donors (Lipinski definition) is 1. The van der Waals surface area contributed by atoms with Crippen molar-refractivity contribution in [3.63, 3.8) is 0 Å². The van der Waals surface area contributed by atoms with Crippen LogP contribution in [0, 0.1) is 19.7 Å². The maximum absolute atomic E-state index is 13.4. The van der Waals surface area contributed by atoms with Crippen LogP contribution >= 0.6 is 23.2 Å². The van der Waals surface area contributed by atoms with Crippen LogP contribution < -0.4 is 9.73 Å². The number of nitrogens with one attached hydrogen (secondary N) is 1. The molecule has 4 rings (SSSR count). The number of carbonyl (C=O) groups excluding carboxylic acids is 1. The lowest BCUT2D eigenvalue weighted by molar-refractivity contribution is -0.119. The maximum atomic E-state index is 13.4. The molecule has 0 aliphatic carbocycles. The number of hydrogen-bond acceptors (Lipinski definition) is 4. The molecule has 38 heavy (non-hydrogen) atoms. The van der Waals surface area contributed by atoms with Gasteiger partial charge in [0.05, 0.1) is 26.8 Å². The predicted octanol–water partition coefficient (Wildman–Crippen LogP) is 5.89. The zero-order valence-corrected chi connectivity index (χ0v) is 22.7. The molecule has 0 bridgehead atoms. The quantitative estimate of drug-likeness (QED) is 0.211. The van der Waals surface area contributed by atoms with Gasteiger partial charge in [-0.1, -0.05) is 47.5 Å². The van der Waals surface area contributed by atoms with Crippen LogP contribution in [0.15, 0.2) is 88.9 Å². The highest BCUT2D eigenvalue weighted by molar-refractivity contribution is 7.92. The summed E-state index contributed by atoms with van der Waals surface area (Å²) in [5.74, 6) is -1.02. The number of aryl methyl sites for hydroxylation is 1. The summed E-state index contributed by atoms with van der Waals surface area (Å²) in [6, 6.07) is 20.2. The fraction of sp³-hybridized carbons (Fsp3) is 0.111. The molecule has 1 aromatic heterocycles. The van der Waals surface area contributed by atoms with Crippen molar-refractivity contribution in [2.45, 2.75) is 18.7 Å². The Balaban J connectivity index is 1.57. The van der Waals surface area contributed by atoms with Gasteiger partial charge in [-0.3, -0.25) is 9.10 Å². The predicted molar refractivity (Wildman–Crippen MR) is 148 cm³/mol. The molecule has 0 atom stereocenters. The van der Waals surface area contributed by atoms with E-state index in [1.54, 1.807) is 36.4 Å². The van der Waals surface area contributed by atoms with Crippen molar-refractivity contribution in [2.24, 2.45) is 5.10 Å². The molecule has 0 aliphatic rings. The molecule has 1 N–H and O–H groups in total. The van der Waals surface area contributed by atoms with Crippen molar-refractivity contribution >= 4 is 51.0 Å². The van der Waals surface area contributed by atoms with Crippen LogP contribution in [0.5, 0.6) is 0 Å². The summed E-state index contributed by atoms with van der Waals surface area (Å²) >= 11 is 12.4. The van der Waals surface area contributed by atoms with Crippen LogP contribution in [0.2, 0.25) is 10.0 Å². The number of sulfonamides is 1. The Morgan fingerprint density at radius 1 is 1.03 bits per heavy atom. The van der Waals surface area contributed by atoms with E-state index in [-0.39, 0.29) is 26.4 Å². The third kappa shape index (κ3) is 5.75. The first-order valence-electron chi connectivity index (χ1n) is 11.4. The maximum Gasteiger partial charge on any atom is 0.264 e. The molecular formula is C27H23Cl2FN4O3S. The largest absolute Gasteiger partial charge is 0.318 e. The van der Waals surface area contributed by atoms with Crippen molar-refractivity contribution < 1.29 is 17.6 Å². The number of carbonyl (C=O) groups is 1. The van der Waals surface area contributed by atoms with Crippen LogP contribution in [0.25, 0.3) is 5.69 Å². The lowest BCUT2D eigenvalue weighted by atomic mass is 10.2. The van der Waals surface area contributed by atoms with Gasteiger partial charge in [0, 0.05) is 22.6 Å². The lowest BCUT2D eigenvalue weighted by Crippen LogP contribution is -2.39. The lowest BCUT2D eigenvalue weighted by Gasteiger charge is -2.24. The zero-order chi connectivity index (χ0) is 27.4. The minimum Gasteiger partial charge on any atom is -0.318 e. The number of amides is 1. The molecule has 0 spiro atoms. The Morgan fingerprint density at radius 2 is 1.71 bits per heavy atom. The van der Waals surface area contributed by atoms with E-state index in [0.29, 0.717) is 0 Å². The fourth-order valence-corrected chi connectivity index (χ4v) is 5.85. The summed E-state index contributed by atoms with van der Waals surface area (Å²) in [6.07, 6.45) is 1.46. The highest BCUT2D eigenvalue weighted by Gasteiger charge is 2.29. The number of rotatable bonds is 8. The van der Waals surface area contributed by atoms with E-state index in [4.69, 9.17) is 23.2 Å². The first kappa shape index (κ1) is 27.4. The highest BCUT2D eigenvalue weighted by Crippen LogP contribution is 2.35. The Morgan fingerprint density at radius 3 is 2.39 bits per heavy atom. The SMILES string of the molecule is Cc1cc(/C=N/NC(=O)CN(c2cccc(Cl)c2Cl)S(=O)(=O)c2ccccc2)c(C)n1-c1ccc(F)cc1. The molecule has 0 saturated carbocycles. The first-order valence-corrected chi connectivity index (χ1v) is 13.6. The number of aromatic nitrogens is 1. The van der Waals surface area contributed by atoms with E-state index in [9.17, 15) is 17.6 Å². The number of benzene rings is 3. The molecule has 7 nitrogen and oxygen atoms in total. The molecule has 11 heteroatoms. The molecule has 0 saturated heterocycles. The average molecular weight is 573 g/mol. The Labute approximate surface area is 230 Å². The fourth-order valence-electron chi connectivity index (χ4n) is 3.95. The number of hydrazone groups is 1. The second kappa shape index (κ2) is 11.4. The minimum absolute atomic E-state index is 0.00166. The summed E-state index contributed by atoms with van der Waals surface area (Å²) in [7, 11) is -4.16. The van der Waals surface area contributed by atoms with Crippen LogP contribution in [-0.4, -0.2) is 31.7 Å². The van der Waals surface area contributed by atoms with Gasteiger partial charge < -0.3 is 4.57 Å². The van der Waals surface area contributed by atoms with Gasteiger partial charge in [-0.15, -0.1) is 0 Å². The first-order chi connectivity index (χ1) is 18.1. The zero-order valence-electron chi connectivity index (χ0n) is 20.4. The van der Waals surface area contributed by atoms with E-state index >= 15 is 0 Å². The highest BCUT2D eigenvalue weighted by atomic mass is 35.5. The van der Waals surface area contributed by atoms with Crippen molar-refractivity contribution in [2.75, 3.05) is 10.8 Å². The van der Waals surface area contributed by atoms with Crippen LogP contribution in [0.1, 0.15) is 17.0 Å². The molecule has 0 radical (unpaired) electrons. The molecule has 3 aromatic carbocycles. The van der Waals surface area contributed by atoms with Crippen molar-refractivity contribution in [3.8, 4) is 5.69 Å². The van der Waals surface area contributed by atoms with Gasteiger partial charge in [0.15, 0.2) is 0 Å². The Hall–Kier alpha value is -3.66. The molecular weight excluding hydrogens is 550 g/mol. The summed E-state index contributed by atoms with van der Waals surface area (Å²) in [6.45, 7) is 3.17. The summed E-state index contributed by atoms with van der Waals surface area (Å²) in [5.41, 5.74) is 5.66. The Bertz CT molecular complexity index is 1610. The average Bonchev–Trinajstić information content (AvgIpc) is 3.18. The summed E-state index contributed by atoms with van der Waals surface area (Å²) in [4.78, 5) is 12.8. The van der Waals surface area contributed by atoms with Crippen molar-refractivity contribution in [3.05, 3.63) is 112 Å². The Kier molecular flexibility index (Phi) is 8.20. The summed E-state index contributed by atoms with van der Waals surface area (Å²) < 4.78 is 43.0. The second-order valence-electron chi connectivity index (χ2n) is 8.33. The number of halogens is 3. The van der Waals surface area contributed by atoms with Gasteiger partial charge >= 0.3 is 0 Å². The normalized spacial score (nSPS) is 11.6. The third-order valence-corrected chi connectivity index (χ3v) is 8.35. The van der Waals surface area contributed by atoms with Gasteiger partial charge in [0.2, 0.25) is 0 Å². The van der Waals surface area contributed by atoms with E-state index < -0.39 is 22.5 Å². The van der Waals surface area contributed by atoms with E-state index in [1.165, 1.54) is 42.6 Å². The van der Waals surface area contributed by atoms with Gasteiger partial charge in [-0.05, 0) is 68.4 Å². The number of anilines is 1. The molecule has 1 heterocycles. The molecule has 1 amide bonds. The van der Waals surface area contributed by atoms with Gasteiger partial charge in [-0.25, -0.2) is 18.2 Å². The summed E-state index contributed by atoms with van der Waals surface area (Å²) in [5, 5.41) is 4.17. The van der Waals surface area contributed by atoms with Gasteiger partial charge in [0.25, 0.3) is 15.9 Å². The smallest absolute Gasteiger partial charge is 0.264 e. The number of nitrogens with zero attached hydrogens (tertiary/aromatic N) is 3. The van der Waals surface area contributed by atoms with Crippen LogP contribution in [0.4, 0.5) is 10.1 Å². The molecule has 0 fully saturated rings. The molecule has 0 aliphatic heterocycles. The van der Waals surface area contributed by atoms with Crippen molar-refractivity contribution in [1.29, 1.82) is 0 Å². The monoisotopic (exact) mass is 572 g/mol. The topological polar surface area (TPSA) is 83.8 Å². The van der Waals surface area contributed by atoms with Crippen molar-refractivity contribution in [1.82, 2.24) is 9.99 Å². The molecule has 196 valence electrons. The van der Waals surface area contributed by atoms with E-state index in [1.807, 2.05) is 24.5 Å². The minimum atomic E-state index is -4.16.